The molecule has 0 aliphatic rings. The number of aromatic hydroxyl groups is 1. The molecule has 0 aromatic heterocycles. The van der Waals surface area contributed by atoms with E-state index in [-0.39, 0.29) is 58.9 Å². The molecule has 0 aliphatic heterocycles. The smallest absolute Gasteiger partial charge is 0.269 e. The molecule has 1 amide bonds. The summed E-state index contributed by atoms with van der Waals surface area (Å²) in [5.74, 6) is -0.338. The van der Waals surface area contributed by atoms with Crippen LogP contribution in [0, 0.1) is 16.0 Å². The Bertz CT molecular complexity index is 1440. The topological polar surface area (TPSA) is 160 Å². The highest BCUT2D eigenvalue weighted by atomic mass is 32.2. The summed E-state index contributed by atoms with van der Waals surface area (Å²) in [4.78, 5) is 24.1. The van der Waals surface area contributed by atoms with Gasteiger partial charge >= 0.3 is 0 Å². The average Bonchev–Trinajstić information content (AvgIpc) is 2.97. The third kappa shape index (κ3) is 7.55. The molecule has 3 rings (SSSR count). The van der Waals surface area contributed by atoms with Gasteiger partial charge in [-0.2, -0.15) is 4.31 Å². The Hall–Kier alpha value is -4.20. The van der Waals surface area contributed by atoms with Gasteiger partial charge < -0.3 is 24.6 Å². The molecule has 0 saturated carbocycles. The van der Waals surface area contributed by atoms with Crippen LogP contribution in [0.3, 0.4) is 0 Å². The molecular weight excluding hydrogens is 566 g/mol. The van der Waals surface area contributed by atoms with Gasteiger partial charge in [0.15, 0.2) is 11.5 Å². The summed E-state index contributed by atoms with van der Waals surface area (Å²) in [5.41, 5.74) is 0.763. The minimum Gasteiger partial charge on any atom is -0.502 e. The maximum Gasteiger partial charge on any atom is 0.269 e. The summed E-state index contributed by atoms with van der Waals surface area (Å²) < 4.78 is 39.0. The number of rotatable bonds is 15. The standard InChI is InChI=1S/C29H35N3O9S/c1-20(2)17-30(42(38,39)24-12-10-22(11-13-24)32(36)37)18-26(34)25(14-21-8-6-5-7-9-21)31(19-33)23-15-27(40-3)29(35)28(16-23)41-4/h5-13,15-16,19-20,25-26,34-35H,14,17-18H2,1-4H3/t25-,26+/m0/s1. The number of methoxy groups -OCH3 is 2. The van der Waals surface area contributed by atoms with Gasteiger partial charge in [-0.25, -0.2) is 8.42 Å². The van der Waals surface area contributed by atoms with E-state index < -0.39 is 27.1 Å². The van der Waals surface area contributed by atoms with Gasteiger partial charge in [0.2, 0.25) is 22.2 Å². The first-order chi connectivity index (χ1) is 19.9. The lowest BCUT2D eigenvalue weighted by Crippen LogP contribution is -2.51. The van der Waals surface area contributed by atoms with Crippen molar-refractivity contribution >= 4 is 27.8 Å². The Morgan fingerprint density at radius 3 is 2.02 bits per heavy atom. The minimum atomic E-state index is -4.19. The van der Waals surface area contributed by atoms with Crippen LogP contribution in [0.15, 0.2) is 71.6 Å². The molecule has 13 heteroatoms. The molecule has 226 valence electrons. The maximum absolute atomic E-state index is 13.7. The predicted octanol–water partition coefficient (Wildman–Crippen LogP) is 3.60. The Kier molecular flexibility index (Phi) is 10.9. The van der Waals surface area contributed by atoms with Crippen molar-refractivity contribution in [1.82, 2.24) is 4.31 Å². The lowest BCUT2D eigenvalue weighted by Gasteiger charge is -2.35. The van der Waals surface area contributed by atoms with Crippen LogP contribution >= 0.6 is 0 Å². The van der Waals surface area contributed by atoms with Gasteiger partial charge in [0.25, 0.3) is 5.69 Å². The molecule has 3 aromatic carbocycles. The lowest BCUT2D eigenvalue weighted by atomic mass is 9.98. The van der Waals surface area contributed by atoms with Crippen LogP contribution in [0.25, 0.3) is 0 Å². The number of non-ortho nitro benzene ring substituents is 1. The SMILES string of the molecule is COc1cc(N(C=O)[C@@H](Cc2ccccc2)[C@H](O)CN(CC(C)C)S(=O)(=O)c2ccc([N+](=O)[O-])cc2)cc(OC)c1O. The van der Waals surface area contributed by atoms with Gasteiger partial charge in [0, 0.05) is 37.4 Å². The Morgan fingerprint density at radius 2 is 1.55 bits per heavy atom. The van der Waals surface area contributed by atoms with Crippen LogP contribution in [0.5, 0.6) is 17.2 Å². The summed E-state index contributed by atoms with van der Waals surface area (Å²) in [6.45, 7) is 3.29. The number of ether oxygens (including phenoxy) is 2. The van der Waals surface area contributed by atoms with Crippen LogP contribution in [-0.4, -0.2) is 73.7 Å². The first-order valence-electron chi connectivity index (χ1n) is 13.1. The summed E-state index contributed by atoms with van der Waals surface area (Å²) >= 11 is 0. The average molecular weight is 602 g/mol. The van der Waals surface area contributed by atoms with E-state index in [1.807, 2.05) is 32.0 Å². The van der Waals surface area contributed by atoms with Crippen molar-refractivity contribution in [3.63, 3.8) is 0 Å². The number of nitro benzene ring substituents is 1. The number of aliphatic hydroxyl groups excluding tert-OH is 1. The number of carbonyl (C=O) groups excluding carboxylic acids is 1. The Labute approximate surface area is 244 Å². The van der Waals surface area contributed by atoms with E-state index in [4.69, 9.17) is 9.47 Å². The second-order valence-corrected chi connectivity index (χ2v) is 11.9. The first-order valence-corrected chi connectivity index (χ1v) is 14.5. The minimum absolute atomic E-state index is 0.0336. The van der Waals surface area contributed by atoms with Gasteiger partial charge in [-0.1, -0.05) is 44.2 Å². The fraction of sp³-hybridized carbons (Fsp3) is 0.345. The molecular formula is C29H35N3O9S. The van der Waals surface area contributed by atoms with Crippen molar-refractivity contribution in [2.45, 2.75) is 37.3 Å². The van der Waals surface area contributed by atoms with E-state index in [0.29, 0.717) is 6.41 Å². The maximum atomic E-state index is 13.7. The van der Waals surface area contributed by atoms with Crippen LogP contribution in [0.1, 0.15) is 19.4 Å². The highest BCUT2D eigenvalue weighted by molar-refractivity contribution is 7.89. The second-order valence-electron chi connectivity index (χ2n) is 10.0. The number of carbonyl (C=O) groups is 1. The number of aliphatic hydroxyl groups is 1. The van der Waals surface area contributed by atoms with Crippen LogP contribution in [-0.2, 0) is 21.2 Å². The monoisotopic (exact) mass is 601 g/mol. The van der Waals surface area contributed by atoms with Crippen LogP contribution in [0.4, 0.5) is 11.4 Å². The van der Waals surface area contributed by atoms with Crippen molar-refractivity contribution in [3.05, 3.63) is 82.4 Å². The third-order valence-corrected chi connectivity index (χ3v) is 8.46. The summed E-state index contributed by atoms with van der Waals surface area (Å²) in [7, 11) is -1.51. The number of amides is 1. The number of phenolic OH excluding ortho intramolecular Hbond substituents is 1. The van der Waals surface area contributed by atoms with Crippen molar-refractivity contribution in [2.75, 3.05) is 32.2 Å². The number of nitro groups is 1. The molecule has 12 nitrogen and oxygen atoms in total. The molecule has 2 atom stereocenters. The van der Waals surface area contributed by atoms with E-state index in [1.54, 1.807) is 12.1 Å². The number of benzene rings is 3. The van der Waals surface area contributed by atoms with Crippen molar-refractivity contribution in [1.29, 1.82) is 0 Å². The highest BCUT2D eigenvalue weighted by Crippen LogP contribution is 2.40. The number of hydrogen-bond donors (Lipinski definition) is 2. The second kappa shape index (κ2) is 14.1. The molecule has 0 bridgehead atoms. The zero-order valence-electron chi connectivity index (χ0n) is 23.8. The molecule has 0 heterocycles. The number of nitrogens with zero attached hydrogens (tertiary/aromatic N) is 3. The molecule has 0 aliphatic carbocycles. The molecule has 0 saturated heterocycles. The molecule has 3 aromatic rings. The van der Waals surface area contributed by atoms with Crippen LogP contribution < -0.4 is 14.4 Å². The number of hydrogen-bond acceptors (Lipinski definition) is 9. The number of phenols is 1. The van der Waals surface area contributed by atoms with Crippen molar-refractivity contribution in [2.24, 2.45) is 5.92 Å². The molecule has 42 heavy (non-hydrogen) atoms. The summed E-state index contributed by atoms with van der Waals surface area (Å²) in [6.07, 6.45) is -0.730. The highest BCUT2D eigenvalue weighted by Gasteiger charge is 2.34. The number of anilines is 1. The molecule has 0 fully saturated rings. The largest absolute Gasteiger partial charge is 0.502 e. The predicted molar refractivity (Wildman–Crippen MR) is 156 cm³/mol. The fourth-order valence-corrected chi connectivity index (χ4v) is 6.15. The van der Waals surface area contributed by atoms with E-state index in [0.717, 1.165) is 34.1 Å². The van der Waals surface area contributed by atoms with Gasteiger partial charge in [0.05, 0.1) is 41.9 Å². The number of sulfonamides is 1. The molecule has 0 radical (unpaired) electrons. The van der Waals surface area contributed by atoms with Crippen molar-refractivity contribution < 1.29 is 37.8 Å². The zero-order valence-corrected chi connectivity index (χ0v) is 24.6. The molecule has 2 N–H and O–H groups in total. The van der Waals surface area contributed by atoms with Crippen molar-refractivity contribution in [3.8, 4) is 17.2 Å². The van der Waals surface area contributed by atoms with E-state index in [1.165, 1.54) is 31.3 Å². The van der Waals surface area contributed by atoms with E-state index >= 15 is 0 Å². The lowest BCUT2D eigenvalue weighted by molar-refractivity contribution is -0.384. The molecule has 0 spiro atoms. The van der Waals surface area contributed by atoms with Gasteiger partial charge in [-0.15, -0.1) is 0 Å². The Balaban J connectivity index is 2.06. The fourth-order valence-electron chi connectivity index (χ4n) is 4.53. The van der Waals surface area contributed by atoms with Crippen LogP contribution in [0.2, 0.25) is 0 Å². The van der Waals surface area contributed by atoms with Gasteiger partial charge in [-0.3, -0.25) is 14.9 Å². The first kappa shape index (κ1) is 32.3. The third-order valence-electron chi connectivity index (χ3n) is 6.61. The normalized spacial score (nSPS) is 13.0. The zero-order chi connectivity index (χ0) is 31.0. The van der Waals surface area contributed by atoms with E-state index in [2.05, 4.69) is 0 Å². The summed E-state index contributed by atoms with van der Waals surface area (Å²) in [5, 5.41) is 33.1. The van der Waals surface area contributed by atoms with Gasteiger partial charge in [-0.05, 0) is 30.0 Å². The quantitative estimate of drug-likeness (QED) is 0.151. The Morgan fingerprint density at radius 1 is 0.976 bits per heavy atom. The van der Waals surface area contributed by atoms with E-state index in [9.17, 15) is 33.5 Å². The molecule has 0 unspecified atom stereocenters. The van der Waals surface area contributed by atoms with Gasteiger partial charge in [0.1, 0.15) is 0 Å². The summed E-state index contributed by atoms with van der Waals surface area (Å²) in [6, 6.07) is 15.5.